The van der Waals surface area contributed by atoms with Crippen molar-refractivity contribution < 1.29 is 0 Å². The maximum Gasteiger partial charge on any atom is 0.160 e. The fourth-order valence-corrected chi connectivity index (χ4v) is 6.04. The largest absolute Gasteiger partial charge is 0.228 e. The molecule has 0 unspecified atom stereocenters. The summed E-state index contributed by atoms with van der Waals surface area (Å²) in [6.07, 6.45) is 0. The van der Waals surface area contributed by atoms with Gasteiger partial charge >= 0.3 is 0 Å². The highest BCUT2D eigenvalue weighted by atomic mass is 14.9. The van der Waals surface area contributed by atoms with Crippen LogP contribution < -0.4 is 0 Å². The number of hydrogen-bond acceptors (Lipinski definition) is 2. The molecule has 0 bridgehead atoms. The molecule has 44 heavy (non-hydrogen) atoms. The van der Waals surface area contributed by atoms with Gasteiger partial charge in [-0.3, -0.25) is 0 Å². The van der Waals surface area contributed by atoms with Crippen LogP contribution >= 0.6 is 0 Å². The van der Waals surface area contributed by atoms with E-state index in [1.165, 1.54) is 38.6 Å². The first-order chi connectivity index (χ1) is 21.8. The number of nitrogens with zero attached hydrogens (tertiary/aromatic N) is 2. The predicted molar refractivity (Wildman–Crippen MR) is 184 cm³/mol. The molecule has 0 aliphatic heterocycles. The zero-order chi connectivity index (χ0) is 29.3. The van der Waals surface area contributed by atoms with Gasteiger partial charge in [0.2, 0.25) is 0 Å². The van der Waals surface area contributed by atoms with E-state index in [1.807, 2.05) is 6.07 Å². The van der Waals surface area contributed by atoms with Crippen LogP contribution in [0.5, 0.6) is 0 Å². The van der Waals surface area contributed by atoms with E-state index in [9.17, 15) is 0 Å². The summed E-state index contributed by atoms with van der Waals surface area (Å²) in [5.74, 6) is 0.727. The van der Waals surface area contributed by atoms with Gasteiger partial charge in [-0.05, 0) is 62.4 Å². The average molecular weight is 561 g/mol. The molecule has 2 nitrogen and oxygen atoms in total. The van der Waals surface area contributed by atoms with Crippen molar-refractivity contribution >= 4 is 21.7 Å². The Bertz CT molecular complexity index is 2250. The minimum Gasteiger partial charge on any atom is -0.228 e. The molecular weight excluding hydrogens is 532 g/mol. The molecule has 8 aromatic rings. The van der Waals surface area contributed by atoms with Crippen molar-refractivity contribution in [2.24, 2.45) is 0 Å². The summed E-state index contributed by atoms with van der Waals surface area (Å²) in [5.41, 5.74) is 11.2. The standard InChI is InChI=1S/C42H28N2/c1-3-11-29(12-4-1)34-16-9-18-36(27-34)37-19-10-17-35(28-37)30-21-23-33(24-22-30)42-43-39-26-25-31-13-7-8-20-38(31)40(39)41(44-42)32-14-5-2-6-15-32/h1-28H. The highest BCUT2D eigenvalue weighted by Gasteiger charge is 2.14. The first kappa shape index (κ1) is 25.8. The quantitative estimate of drug-likeness (QED) is 0.196. The fraction of sp³-hybridized carbons (Fsp3) is 0. The number of rotatable bonds is 5. The second-order valence-corrected chi connectivity index (χ2v) is 11.0. The SMILES string of the molecule is c1ccc(-c2cccc(-c3cccc(-c4ccc(-c5nc(-c6ccccc6)c6c(ccc7ccccc76)n5)cc4)c3)c2)cc1. The number of benzene rings is 7. The minimum atomic E-state index is 0.727. The zero-order valence-corrected chi connectivity index (χ0v) is 24.1. The molecule has 0 radical (unpaired) electrons. The third-order valence-corrected chi connectivity index (χ3v) is 8.28. The van der Waals surface area contributed by atoms with Crippen molar-refractivity contribution in [3.8, 4) is 56.0 Å². The topological polar surface area (TPSA) is 25.8 Å². The Morgan fingerprint density at radius 1 is 0.318 bits per heavy atom. The Kier molecular flexibility index (Phi) is 6.51. The Balaban J connectivity index is 1.17. The van der Waals surface area contributed by atoms with Gasteiger partial charge in [0.25, 0.3) is 0 Å². The summed E-state index contributed by atoms with van der Waals surface area (Å²) >= 11 is 0. The summed E-state index contributed by atoms with van der Waals surface area (Å²) in [4.78, 5) is 10.2. The predicted octanol–water partition coefficient (Wildman–Crippen LogP) is 11.1. The maximum absolute atomic E-state index is 5.17. The van der Waals surface area contributed by atoms with Crippen LogP contribution in [0.15, 0.2) is 170 Å². The summed E-state index contributed by atoms with van der Waals surface area (Å²) in [7, 11) is 0. The molecule has 0 atom stereocenters. The molecule has 206 valence electrons. The van der Waals surface area contributed by atoms with Crippen LogP contribution in [0.2, 0.25) is 0 Å². The van der Waals surface area contributed by atoms with E-state index in [0.29, 0.717) is 0 Å². The molecule has 7 aromatic carbocycles. The smallest absolute Gasteiger partial charge is 0.160 e. The zero-order valence-electron chi connectivity index (χ0n) is 24.1. The van der Waals surface area contributed by atoms with E-state index >= 15 is 0 Å². The highest BCUT2D eigenvalue weighted by Crippen LogP contribution is 2.35. The van der Waals surface area contributed by atoms with Crippen molar-refractivity contribution in [2.75, 3.05) is 0 Å². The molecule has 1 heterocycles. The van der Waals surface area contributed by atoms with Crippen molar-refractivity contribution in [3.63, 3.8) is 0 Å². The molecule has 0 N–H and O–H groups in total. The first-order valence-corrected chi connectivity index (χ1v) is 14.9. The lowest BCUT2D eigenvalue weighted by Gasteiger charge is -2.12. The lowest BCUT2D eigenvalue weighted by molar-refractivity contribution is 1.23. The van der Waals surface area contributed by atoms with Gasteiger partial charge in [0.15, 0.2) is 5.82 Å². The highest BCUT2D eigenvalue weighted by molar-refractivity contribution is 6.12. The van der Waals surface area contributed by atoms with Crippen LogP contribution in [0, 0.1) is 0 Å². The summed E-state index contributed by atoms with van der Waals surface area (Å²) in [6, 6.07) is 59.8. The van der Waals surface area contributed by atoms with E-state index in [2.05, 4.69) is 164 Å². The molecule has 0 saturated carbocycles. The monoisotopic (exact) mass is 560 g/mol. The van der Waals surface area contributed by atoms with E-state index < -0.39 is 0 Å². The van der Waals surface area contributed by atoms with E-state index in [4.69, 9.17) is 9.97 Å². The number of aromatic nitrogens is 2. The molecule has 0 aliphatic rings. The Morgan fingerprint density at radius 2 is 0.818 bits per heavy atom. The van der Waals surface area contributed by atoms with Gasteiger partial charge < -0.3 is 0 Å². The fourth-order valence-electron chi connectivity index (χ4n) is 6.04. The molecular formula is C42H28N2. The third kappa shape index (κ3) is 4.83. The summed E-state index contributed by atoms with van der Waals surface area (Å²) in [5, 5.41) is 3.44. The van der Waals surface area contributed by atoms with Gasteiger partial charge in [-0.1, -0.05) is 152 Å². The van der Waals surface area contributed by atoms with Crippen LogP contribution in [-0.2, 0) is 0 Å². The van der Waals surface area contributed by atoms with Gasteiger partial charge in [0.05, 0.1) is 11.2 Å². The van der Waals surface area contributed by atoms with Gasteiger partial charge in [0.1, 0.15) is 0 Å². The molecule has 0 saturated heterocycles. The second kappa shape index (κ2) is 11.1. The lowest BCUT2D eigenvalue weighted by Crippen LogP contribution is -1.96. The Morgan fingerprint density at radius 3 is 1.48 bits per heavy atom. The van der Waals surface area contributed by atoms with Crippen molar-refractivity contribution in [1.82, 2.24) is 9.97 Å². The van der Waals surface area contributed by atoms with Crippen LogP contribution in [-0.4, -0.2) is 9.97 Å². The maximum atomic E-state index is 5.17. The lowest BCUT2D eigenvalue weighted by atomic mass is 9.96. The van der Waals surface area contributed by atoms with Crippen LogP contribution in [0.3, 0.4) is 0 Å². The normalized spacial score (nSPS) is 11.2. The van der Waals surface area contributed by atoms with Crippen LogP contribution in [0.1, 0.15) is 0 Å². The first-order valence-electron chi connectivity index (χ1n) is 14.9. The Hall–Kier alpha value is -5.86. The third-order valence-electron chi connectivity index (χ3n) is 8.28. The molecule has 0 spiro atoms. The molecule has 0 aliphatic carbocycles. The van der Waals surface area contributed by atoms with E-state index in [0.717, 1.165) is 39.1 Å². The molecule has 1 aromatic heterocycles. The van der Waals surface area contributed by atoms with E-state index in [1.54, 1.807) is 0 Å². The van der Waals surface area contributed by atoms with Crippen molar-refractivity contribution in [1.29, 1.82) is 0 Å². The van der Waals surface area contributed by atoms with Crippen molar-refractivity contribution in [2.45, 2.75) is 0 Å². The van der Waals surface area contributed by atoms with Gasteiger partial charge in [-0.25, -0.2) is 9.97 Å². The van der Waals surface area contributed by atoms with E-state index in [-0.39, 0.29) is 0 Å². The molecule has 2 heteroatoms. The molecule has 0 amide bonds. The number of hydrogen-bond donors (Lipinski definition) is 0. The summed E-state index contributed by atoms with van der Waals surface area (Å²) < 4.78 is 0. The number of fused-ring (bicyclic) bond motifs is 3. The average Bonchev–Trinajstić information content (AvgIpc) is 3.12. The van der Waals surface area contributed by atoms with Crippen molar-refractivity contribution in [3.05, 3.63) is 170 Å². The van der Waals surface area contributed by atoms with Gasteiger partial charge in [-0.2, -0.15) is 0 Å². The Labute approximate surface area is 257 Å². The summed E-state index contributed by atoms with van der Waals surface area (Å²) in [6.45, 7) is 0. The van der Waals surface area contributed by atoms with Gasteiger partial charge in [-0.15, -0.1) is 0 Å². The second-order valence-electron chi connectivity index (χ2n) is 11.0. The van der Waals surface area contributed by atoms with Crippen LogP contribution in [0.25, 0.3) is 77.7 Å². The minimum absolute atomic E-state index is 0.727. The molecule has 0 fully saturated rings. The molecule has 8 rings (SSSR count). The van der Waals surface area contributed by atoms with Crippen LogP contribution in [0.4, 0.5) is 0 Å². The van der Waals surface area contributed by atoms with Gasteiger partial charge in [0, 0.05) is 16.5 Å².